The quantitative estimate of drug-likeness (QED) is 0.854. The molecule has 0 aliphatic carbocycles. The van der Waals surface area contributed by atoms with Crippen molar-refractivity contribution < 1.29 is 4.42 Å². The van der Waals surface area contributed by atoms with E-state index in [1.807, 2.05) is 36.9 Å². The molecule has 2 atom stereocenters. The van der Waals surface area contributed by atoms with Gasteiger partial charge in [0.05, 0.1) is 5.25 Å². The zero-order valence-corrected chi connectivity index (χ0v) is 12.3. The van der Waals surface area contributed by atoms with Crippen LogP contribution in [0.4, 0.5) is 0 Å². The monoisotopic (exact) mass is 275 g/mol. The summed E-state index contributed by atoms with van der Waals surface area (Å²) in [4.78, 5) is 0. The number of benzene rings is 1. The van der Waals surface area contributed by atoms with Crippen molar-refractivity contribution >= 4 is 11.8 Å². The van der Waals surface area contributed by atoms with Gasteiger partial charge in [-0.05, 0) is 31.0 Å². The molecule has 0 saturated heterocycles. The molecule has 2 aromatic rings. The highest BCUT2D eigenvalue weighted by Crippen LogP contribution is 2.35. The highest BCUT2D eigenvalue weighted by atomic mass is 32.2. The van der Waals surface area contributed by atoms with E-state index in [2.05, 4.69) is 31.2 Å². The molecule has 3 heteroatoms. The summed E-state index contributed by atoms with van der Waals surface area (Å²) in [6, 6.07) is 14.7. The first-order valence-corrected chi connectivity index (χ1v) is 7.73. The van der Waals surface area contributed by atoms with E-state index in [0.29, 0.717) is 0 Å². The minimum absolute atomic E-state index is 0.124. The summed E-state index contributed by atoms with van der Waals surface area (Å²) in [5.41, 5.74) is 7.57. The first kappa shape index (κ1) is 14.2. The van der Waals surface area contributed by atoms with Crippen molar-refractivity contribution in [3.05, 3.63) is 59.5 Å². The molecule has 2 N–H and O–H groups in total. The third-order valence-electron chi connectivity index (χ3n) is 3.17. The summed E-state index contributed by atoms with van der Waals surface area (Å²) in [5, 5.41) is 0.221. The maximum atomic E-state index is 6.24. The van der Waals surface area contributed by atoms with Crippen molar-refractivity contribution in [3.63, 3.8) is 0 Å². The second-order valence-corrected chi connectivity index (χ2v) is 5.87. The summed E-state index contributed by atoms with van der Waals surface area (Å²) in [6.07, 6.45) is 0.951. The van der Waals surface area contributed by atoms with Crippen LogP contribution in [0.25, 0.3) is 0 Å². The standard InChI is InChI=1S/C16H21NOS/c1-3-14(17)16(15-10-9-12(2)18-15)19-11-13-7-5-4-6-8-13/h4-10,14,16H,3,11,17H2,1-2H3. The van der Waals surface area contributed by atoms with Gasteiger partial charge in [0, 0.05) is 11.8 Å². The molecule has 0 spiro atoms. The predicted octanol–water partition coefficient (Wildman–Crippen LogP) is 4.30. The normalized spacial score (nSPS) is 14.3. The van der Waals surface area contributed by atoms with Crippen molar-refractivity contribution in [2.24, 2.45) is 5.73 Å². The molecular formula is C16H21NOS. The number of hydrogen-bond acceptors (Lipinski definition) is 3. The van der Waals surface area contributed by atoms with Gasteiger partial charge in [0.15, 0.2) is 0 Å². The topological polar surface area (TPSA) is 39.2 Å². The Morgan fingerprint density at radius 3 is 2.47 bits per heavy atom. The van der Waals surface area contributed by atoms with Gasteiger partial charge in [0.2, 0.25) is 0 Å². The molecule has 1 aromatic carbocycles. The zero-order chi connectivity index (χ0) is 13.7. The van der Waals surface area contributed by atoms with Crippen molar-refractivity contribution in [1.29, 1.82) is 0 Å². The zero-order valence-electron chi connectivity index (χ0n) is 11.5. The van der Waals surface area contributed by atoms with E-state index in [9.17, 15) is 0 Å². The SMILES string of the molecule is CCC(N)C(SCc1ccccc1)c1ccc(C)o1. The lowest BCUT2D eigenvalue weighted by Gasteiger charge is -2.20. The highest BCUT2D eigenvalue weighted by molar-refractivity contribution is 7.98. The van der Waals surface area contributed by atoms with E-state index in [-0.39, 0.29) is 11.3 Å². The second kappa shape index (κ2) is 6.83. The minimum Gasteiger partial charge on any atom is -0.465 e. The van der Waals surface area contributed by atoms with E-state index in [1.54, 1.807) is 0 Å². The number of aryl methyl sites for hydroxylation is 1. The Kier molecular flexibility index (Phi) is 5.11. The Hall–Kier alpha value is -1.19. The van der Waals surface area contributed by atoms with Crippen molar-refractivity contribution in [1.82, 2.24) is 0 Å². The second-order valence-electron chi connectivity index (χ2n) is 4.74. The minimum atomic E-state index is 0.124. The van der Waals surface area contributed by atoms with Crippen LogP contribution in [0, 0.1) is 6.92 Å². The third kappa shape index (κ3) is 3.88. The van der Waals surface area contributed by atoms with E-state index in [4.69, 9.17) is 10.2 Å². The number of nitrogens with two attached hydrogens (primary N) is 1. The Morgan fingerprint density at radius 1 is 1.16 bits per heavy atom. The maximum Gasteiger partial charge on any atom is 0.118 e. The van der Waals surface area contributed by atoms with E-state index in [0.717, 1.165) is 23.7 Å². The van der Waals surface area contributed by atoms with E-state index >= 15 is 0 Å². The molecule has 0 aliphatic rings. The fraction of sp³-hybridized carbons (Fsp3) is 0.375. The van der Waals surface area contributed by atoms with Crippen LogP contribution in [0.3, 0.4) is 0 Å². The third-order valence-corrected chi connectivity index (χ3v) is 4.62. The van der Waals surface area contributed by atoms with Crippen molar-refractivity contribution in [2.45, 2.75) is 37.3 Å². The van der Waals surface area contributed by atoms with E-state index < -0.39 is 0 Å². The van der Waals surface area contributed by atoms with Gasteiger partial charge >= 0.3 is 0 Å². The molecule has 19 heavy (non-hydrogen) atoms. The van der Waals surface area contributed by atoms with E-state index in [1.165, 1.54) is 5.56 Å². The largest absolute Gasteiger partial charge is 0.465 e. The first-order valence-electron chi connectivity index (χ1n) is 6.68. The number of hydrogen-bond donors (Lipinski definition) is 1. The molecule has 0 saturated carbocycles. The molecule has 1 heterocycles. The van der Waals surface area contributed by atoms with Crippen molar-refractivity contribution in [3.8, 4) is 0 Å². The fourth-order valence-electron chi connectivity index (χ4n) is 2.00. The van der Waals surface area contributed by atoms with Crippen LogP contribution in [-0.4, -0.2) is 6.04 Å². The molecule has 1 aromatic heterocycles. The summed E-state index contributed by atoms with van der Waals surface area (Å²) < 4.78 is 5.76. The van der Waals surface area contributed by atoms with Gasteiger partial charge in [-0.25, -0.2) is 0 Å². The van der Waals surface area contributed by atoms with Crippen LogP contribution >= 0.6 is 11.8 Å². The van der Waals surface area contributed by atoms with Gasteiger partial charge in [0.1, 0.15) is 11.5 Å². The van der Waals surface area contributed by atoms with Gasteiger partial charge in [0.25, 0.3) is 0 Å². The molecule has 2 nitrogen and oxygen atoms in total. The van der Waals surface area contributed by atoms with Crippen LogP contribution in [0.5, 0.6) is 0 Å². The molecule has 0 aliphatic heterocycles. The smallest absolute Gasteiger partial charge is 0.118 e. The molecule has 0 radical (unpaired) electrons. The van der Waals surface area contributed by atoms with Gasteiger partial charge < -0.3 is 10.2 Å². The number of thioether (sulfide) groups is 1. The Labute approximate surface area is 119 Å². The lowest BCUT2D eigenvalue weighted by molar-refractivity contribution is 0.454. The van der Waals surface area contributed by atoms with Gasteiger partial charge in [-0.15, -0.1) is 11.8 Å². The summed E-state index contributed by atoms with van der Waals surface area (Å²) in [5.74, 6) is 2.90. The average molecular weight is 275 g/mol. The molecule has 0 bridgehead atoms. The molecule has 0 amide bonds. The Balaban J connectivity index is 2.06. The van der Waals surface area contributed by atoms with Gasteiger partial charge in [-0.1, -0.05) is 37.3 Å². The number of rotatable bonds is 6. The lowest BCUT2D eigenvalue weighted by Crippen LogP contribution is -2.25. The van der Waals surface area contributed by atoms with Crippen molar-refractivity contribution in [2.75, 3.05) is 0 Å². The van der Waals surface area contributed by atoms with Crippen LogP contribution < -0.4 is 5.73 Å². The Bertz CT molecular complexity index is 494. The maximum absolute atomic E-state index is 6.24. The summed E-state index contributed by atoms with van der Waals surface area (Å²) in [6.45, 7) is 4.09. The lowest BCUT2D eigenvalue weighted by atomic mass is 10.1. The number of furan rings is 1. The van der Waals surface area contributed by atoms with Crippen LogP contribution in [0.1, 0.15) is 35.7 Å². The molecule has 2 unspecified atom stereocenters. The van der Waals surface area contributed by atoms with Crippen LogP contribution in [-0.2, 0) is 5.75 Å². The predicted molar refractivity (Wildman–Crippen MR) is 82.2 cm³/mol. The summed E-state index contributed by atoms with van der Waals surface area (Å²) in [7, 11) is 0. The average Bonchev–Trinajstić information content (AvgIpc) is 2.86. The molecular weight excluding hydrogens is 254 g/mol. The van der Waals surface area contributed by atoms with Crippen LogP contribution in [0.2, 0.25) is 0 Å². The molecule has 102 valence electrons. The fourth-order valence-corrected chi connectivity index (χ4v) is 3.29. The van der Waals surface area contributed by atoms with Crippen LogP contribution in [0.15, 0.2) is 46.9 Å². The molecule has 0 fully saturated rings. The van der Waals surface area contributed by atoms with Gasteiger partial charge in [-0.3, -0.25) is 0 Å². The molecule has 2 rings (SSSR count). The first-order chi connectivity index (χ1) is 9.20. The van der Waals surface area contributed by atoms with Gasteiger partial charge in [-0.2, -0.15) is 0 Å². The highest BCUT2D eigenvalue weighted by Gasteiger charge is 2.22. The summed E-state index contributed by atoms with van der Waals surface area (Å²) >= 11 is 1.85. The Morgan fingerprint density at radius 2 is 1.89 bits per heavy atom.